The maximum Gasteiger partial charge on any atom is 0.255 e. The van der Waals surface area contributed by atoms with E-state index in [4.69, 9.17) is 0 Å². The molecule has 0 spiro atoms. The van der Waals surface area contributed by atoms with Crippen LogP contribution in [0, 0.1) is 13.8 Å². The number of carbonyl (C=O) groups excluding carboxylic acids is 1. The van der Waals surface area contributed by atoms with Crippen molar-refractivity contribution in [3.8, 4) is 0 Å². The Bertz CT molecular complexity index is 870. The molecule has 1 aliphatic carbocycles. The maximum absolute atomic E-state index is 12.4. The molecule has 1 aliphatic rings. The molecule has 0 bridgehead atoms. The summed E-state index contributed by atoms with van der Waals surface area (Å²) in [5.74, 6) is -0.261. The van der Waals surface area contributed by atoms with Crippen molar-refractivity contribution in [1.29, 1.82) is 0 Å². The Labute approximate surface area is 142 Å². The van der Waals surface area contributed by atoms with Crippen molar-refractivity contribution in [2.45, 2.75) is 37.6 Å². The van der Waals surface area contributed by atoms with E-state index in [9.17, 15) is 13.2 Å². The molecule has 2 aromatic carbocycles. The number of hydrogen-bond donors (Lipinski definition) is 2. The Morgan fingerprint density at radius 3 is 2.33 bits per heavy atom. The molecular formula is C18H20N2O3S. The third kappa shape index (κ3) is 3.66. The Balaban J connectivity index is 1.75. The van der Waals surface area contributed by atoms with Crippen LogP contribution in [0.15, 0.2) is 47.4 Å². The summed E-state index contributed by atoms with van der Waals surface area (Å²) < 4.78 is 26.9. The van der Waals surface area contributed by atoms with Crippen LogP contribution in [-0.2, 0) is 10.0 Å². The van der Waals surface area contributed by atoms with Gasteiger partial charge in [-0.05, 0) is 68.1 Å². The van der Waals surface area contributed by atoms with Gasteiger partial charge in [0.05, 0.1) is 4.90 Å². The maximum atomic E-state index is 12.4. The van der Waals surface area contributed by atoms with Crippen LogP contribution >= 0.6 is 0 Å². The Hall–Kier alpha value is -2.18. The average Bonchev–Trinajstić information content (AvgIpc) is 3.35. The number of sulfonamides is 1. The first kappa shape index (κ1) is 16.7. The first-order valence-electron chi connectivity index (χ1n) is 7.87. The Morgan fingerprint density at radius 2 is 1.71 bits per heavy atom. The number of amides is 1. The molecule has 5 nitrogen and oxygen atoms in total. The van der Waals surface area contributed by atoms with E-state index < -0.39 is 10.0 Å². The zero-order chi connectivity index (χ0) is 17.3. The standard InChI is InChI=1S/C18H20N2O3S/c1-12-4-3-5-17(13(12)2)19-18(21)14-6-10-16(11-7-14)24(22,23)20-15-8-9-15/h3-7,10-11,15,20H,8-9H2,1-2H3,(H,19,21). The van der Waals surface area contributed by atoms with E-state index in [-0.39, 0.29) is 16.8 Å². The van der Waals surface area contributed by atoms with Crippen molar-refractivity contribution in [1.82, 2.24) is 4.72 Å². The van der Waals surface area contributed by atoms with Gasteiger partial charge in [-0.25, -0.2) is 13.1 Å². The summed E-state index contributed by atoms with van der Waals surface area (Å²) in [5, 5.41) is 2.86. The zero-order valence-corrected chi connectivity index (χ0v) is 14.5. The van der Waals surface area contributed by atoms with Gasteiger partial charge in [0, 0.05) is 17.3 Å². The highest BCUT2D eigenvalue weighted by atomic mass is 32.2. The van der Waals surface area contributed by atoms with Crippen molar-refractivity contribution in [3.05, 3.63) is 59.2 Å². The molecule has 2 aromatic rings. The monoisotopic (exact) mass is 344 g/mol. The Morgan fingerprint density at radius 1 is 1.04 bits per heavy atom. The van der Waals surface area contributed by atoms with E-state index >= 15 is 0 Å². The van der Waals surface area contributed by atoms with E-state index in [0.29, 0.717) is 5.56 Å². The first-order valence-corrected chi connectivity index (χ1v) is 9.35. The third-order valence-electron chi connectivity index (χ3n) is 4.18. The summed E-state index contributed by atoms with van der Waals surface area (Å²) in [6.45, 7) is 3.93. The molecule has 126 valence electrons. The van der Waals surface area contributed by atoms with E-state index in [1.54, 1.807) is 0 Å². The summed E-state index contributed by atoms with van der Waals surface area (Å²) in [7, 11) is -3.49. The fourth-order valence-electron chi connectivity index (χ4n) is 2.36. The van der Waals surface area contributed by atoms with Crippen molar-refractivity contribution >= 4 is 21.6 Å². The molecule has 1 fully saturated rings. The first-order chi connectivity index (χ1) is 11.4. The minimum atomic E-state index is -3.49. The van der Waals surface area contributed by atoms with Gasteiger partial charge in [-0.2, -0.15) is 0 Å². The molecule has 0 unspecified atom stereocenters. The number of carbonyl (C=O) groups is 1. The molecule has 6 heteroatoms. The highest BCUT2D eigenvalue weighted by Gasteiger charge is 2.27. The van der Waals surface area contributed by atoms with Gasteiger partial charge in [-0.3, -0.25) is 4.79 Å². The van der Waals surface area contributed by atoms with Crippen LogP contribution < -0.4 is 10.0 Å². The number of nitrogens with one attached hydrogen (secondary N) is 2. The molecule has 0 heterocycles. The molecule has 1 saturated carbocycles. The van der Waals surface area contributed by atoms with Crippen molar-refractivity contribution in [3.63, 3.8) is 0 Å². The summed E-state index contributed by atoms with van der Waals surface area (Å²) >= 11 is 0. The van der Waals surface area contributed by atoms with Crippen LogP contribution in [0.4, 0.5) is 5.69 Å². The average molecular weight is 344 g/mol. The SMILES string of the molecule is Cc1cccc(NC(=O)c2ccc(S(=O)(=O)NC3CC3)cc2)c1C. The quantitative estimate of drug-likeness (QED) is 0.875. The van der Waals surface area contributed by atoms with Gasteiger partial charge in [0.15, 0.2) is 0 Å². The smallest absolute Gasteiger partial charge is 0.255 e. The molecular weight excluding hydrogens is 324 g/mol. The van der Waals surface area contributed by atoms with Crippen molar-refractivity contribution in [2.75, 3.05) is 5.32 Å². The second-order valence-corrected chi connectivity index (χ2v) is 7.84. The van der Waals surface area contributed by atoms with E-state index in [1.807, 2.05) is 32.0 Å². The van der Waals surface area contributed by atoms with Crippen molar-refractivity contribution in [2.24, 2.45) is 0 Å². The molecule has 0 radical (unpaired) electrons. The molecule has 1 amide bonds. The fraction of sp³-hybridized carbons (Fsp3) is 0.278. The van der Waals surface area contributed by atoms with Gasteiger partial charge in [0.1, 0.15) is 0 Å². The summed E-state index contributed by atoms with van der Waals surface area (Å²) in [6, 6.07) is 11.8. The second-order valence-electron chi connectivity index (χ2n) is 6.12. The fourth-order valence-corrected chi connectivity index (χ4v) is 3.66. The predicted octanol–water partition coefficient (Wildman–Crippen LogP) is 3.00. The third-order valence-corrected chi connectivity index (χ3v) is 5.72. The van der Waals surface area contributed by atoms with Gasteiger partial charge in [0.25, 0.3) is 5.91 Å². The largest absolute Gasteiger partial charge is 0.322 e. The number of hydrogen-bond acceptors (Lipinski definition) is 3. The molecule has 2 N–H and O–H groups in total. The predicted molar refractivity (Wildman–Crippen MR) is 93.7 cm³/mol. The van der Waals surface area contributed by atoms with Crippen LogP contribution in [0.3, 0.4) is 0 Å². The topological polar surface area (TPSA) is 75.3 Å². The summed E-state index contributed by atoms with van der Waals surface area (Å²) in [5.41, 5.74) is 3.28. The van der Waals surface area contributed by atoms with Crippen LogP contribution in [0.25, 0.3) is 0 Å². The number of anilines is 1. The molecule has 0 aliphatic heterocycles. The van der Waals surface area contributed by atoms with Gasteiger partial charge >= 0.3 is 0 Å². The lowest BCUT2D eigenvalue weighted by Gasteiger charge is -2.11. The van der Waals surface area contributed by atoms with E-state index in [0.717, 1.165) is 29.7 Å². The molecule has 0 atom stereocenters. The number of aryl methyl sites for hydroxylation is 1. The molecule has 24 heavy (non-hydrogen) atoms. The van der Waals surface area contributed by atoms with Gasteiger partial charge < -0.3 is 5.32 Å². The molecule has 3 rings (SSSR count). The number of rotatable bonds is 5. The van der Waals surface area contributed by atoms with E-state index in [2.05, 4.69) is 10.0 Å². The molecule has 0 aromatic heterocycles. The zero-order valence-electron chi connectivity index (χ0n) is 13.7. The highest BCUT2D eigenvalue weighted by molar-refractivity contribution is 7.89. The van der Waals surface area contributed by atoms with Gasteiger partial charge in [-0.15, -0.1) is 0 Å². The van der Waals surface area contributed by atoms with Crippen LogP contribution in [0.1, 0.15) is 34.3 Å². The minimum Gasteiger partial charge on any atom is -0.322 e. The normalized spacial score (nSPS) is 14.4. The number of benzene rings is 2. The Kier molecular flexibility index (Phi) is 4.43. The lowest BCUT2D eigenvalue weighted by Crippen LogP contribution is -2.25. The summed E-state index contributed by atoms with van der Waals surface area (Å²) in [4.78, 5) is 12.5. The van der Waals surface area contributed by atoms with Gasteiger partial charge in [-0.1, -0.05) is 12.1 Å². The highest BCUT2D eigenvalue weighted by Crippen LogP contribution is 2.23. The van der Waals surface area contributed by atoms with Gasteiger partial charge in [0.2, 0.25) is 10.0 Å². The lowest BCUT2D eigenvalue weighted by molar-refractivity contribution is 0.102. The van der Waals surface area contributed by atoms with Crippen LogP contribution in [0.2, 0.25) is 0 Å². The summed E-state index contributed by atoms with van der Waals surface area (Å²) in [6.07, 6.45) is 1.77. The van der Waals surface area contributed by atoms with Crippen LogP contribution in [-0.4, -0.2) is 20.4 Å². The second kappa shape index (κ2) is 6.37. The van der Waals surface area contributed by atoms with E-state index in [1.165, 1.54) is 24.3 Å². The van der Waals surface area contributed by atoms with Crippen molar-refractivity contribution < 1.29 is 13.2 Å². The minimum absolute atomic E-state index is 0.0577. The van der Waals surface area contributed by atoms with Crippen LogP contribution in [0.5, 0.6) is 0 Å². The molecule has 0 saturated heterocycles. The lowest BCUT2D eigenvalue weighted by atomic mass is 10.1.